The summed E-state index contributed by atoms with van der Waals surface area (Å²) in [6, 6.07) is 17.6. The molecule has 0 bridgehead atoms. The van der Waals surface area contributed by atoms with Gasteiger partial charge in [0.25, 0.3) is 5.56 Å². The summed E-state index contributed by atoms with van der Waals surface area (Å²) in [4.78, 5) is 33.7. The van der Waals surface area contributed by atoms with Crippen LogP contribution in [0.2, 0.25) is 0 Å². The van der Waals surface area contributed by atoms with Crippen molar-refractivity contribution < 1.29 is 9.53 Å². The maximum absolute atomic E-state index is 12.7. The minimum atomic E-state index is -0.419. The smallest absolute Gasteiger partial charge is 0.348 e. The summed E-state index contributed by atoms with van der Waals surface area (Å²) in [6.07, 6.45) is 0.646. The number of hydrogen-bond acceptors (Lipinski definition) is 5. The number of thiophene rings is 1. The van der Waals surface area contributed by atoms with Crippen molar-refractivity contribution in [1.29, 1.82) is 0 Å². The van der Waals surface area contributed by atoms with Gasteiger partial charge < -0.3 is 9.72 Å². The fourth-order valence-electron chi connectivity index (χ4n) is 3.24. The van der Waals surface area contributed by atoms with Crippen LogP contribution < -0.4 is 5.56 Å². The molecule has 4 aromatic rings. The van der Waals surface area contributed by atoms with Crippen molar-refractivity contribution in [2.75, 3.05) is 6.61 Å². The van der Waals surface area contributed by atoms with Gasteiger partial charge in [0.2, 0.25) is 0 Å². The molecule has 0 saturated carbocycles. The Labute approximate surface area is 172 Å². The van der Waals surface area contributed by atoms with Crippen LogP contribution in [0.25, 0.3) is 21.6 Å². The van der Waals surface area contributed by atoms with Crippen LogP contribution in [-0.2, 0) is 11.2 Å². The van der Waals surface area contributed by atoms with E-state index in [-0.39, 0.29) is 12.2 Å². The first-order valence-electron chi connectivity index (χ1n) is 9.34. The topological polar surface area (TPSA) is 72.0 Å². The molecule has 0 fully saturated rings. The molecule has 1 N–H and O–H groups in total. The largest absolute Gasteiger partial charge is 0.461 e. The molecular weight excluding hydrogens is 384 g/mol. The third-order valence-electron chi connectivity index (χ3n) is 4.74. The van der Waals surface area contributed by atoms with Crippen molar-refractivity contribution in [2.45, 2.75) is 20.3 Å². The van der Waals surface area contributed by atoms with Crippen molar-refractivity contribution in [1.82, 2.24) is 9.97 Å². The summed E-state index contributed by atoms with van der Waals surface area (Å²) in [6.45, 7) is 4.03. The molecule has 5 nitrogen and oxygen atoms in total. The number of H-pyrrole nitrogens is 1. The standard InChI is InChI=1S/C23H20N2O3S/c1-14-7-6-10-17(13-14)20-24-21(26)18-15(2)19(29-22(18)25-20)23(27)28-12-11-16-8-4-3-5-9-16/h3-10,13H,11-12H2,1-2H3,(H,24,25,26). The molecule has 0 aliphatic heterocycles. The van der Waals surface area contributed by atoms with Crippen molar-refractivity contribution in [2.24, 2.45) is 0 Å². The first-order chi connectivity index (χ1) is 14.0. The quantitative estimate of drug-likeness (QED) is 0.491. The Morgan fingerprint density at radius 2 is 1.90 bits per heavy atom. The lowest BCUT2D eigenvalue weighted by atomic mass is 10.1. The maximum atomic E-state index is 12.7. The van der Waals surface area contributed by atoms with Gasteiger partial charge in [0, 0.05) is 12.0 Å². The molecule has 0 aliphatic rings. The summed E-state index contributed by atoms with van der Waals surface area (Å²) < 4.78 is 5.44. The number of nitrogens with one attached hydrogen (secondary N) is 1. The lowest BCUT2D eigenvalue weighted by molar-refractivity contribution is 0.0514. The van der Waals surface area contributed by atoms with E-state index >= 15 is 0 Å². The molecule has 0 amide bonds. The molecule has 0 radical (unpaired) electrons. The SMILES string of the molecule is Cc1cccc(-c2nc3sc(C(=O)OCCc4ccccc4)c(C)c3c(=O)[nH]2)c1. The number of aromatic amines is 1. The predicted molar refractivity (Wildman–Crippen MR) is 116 cm³/mol. The van der Waals surface area contributed by atoms with Crippen molar-refractivity contribution in [3.63, 3.8) is 0 Å². The zero-order chi connectivity index (χ0) is 20.4. The van der Waals surface area contributed by atoms with E-state index in [4.69, 9.17) is 4.74 Å². The zero-order valence-corrected chi connectivity index (χ0v) is 17.0. The second-order valence-corrected chi connectivity index (χ2v) is 7.89. The summed E-state index contributed by atoms with van der Waals surface area (Å²) in [5.41, 5.74) is 3.38. The van der Waals surface area contributed by atoms with E-state index in [1.165, 1.54) is 11.3 Å². The number of rotatable bonds is 5. The highest BCUT2D eigenvalue weighted by Crippen LogP contribution is 2.29. The van der Waals surface area contributed by atoms with Gasteiger partial charge in [-0.05, 0) is 31.0 Å². The summed E-state index contributed by atoms with van der Waals surface area (Å²) in [5, 5.41) is 0.446. The molecule has 0 saturated heterocycles. The van der Waals surface area contributed by atoms with Crippen molar-refractivity contribution >= 4 is 27.5 Å². The van der Waals surface area contributed by atoms with Crippen LogP contribution in [0.1, 0.15) is 26.4 Å². The molecule has 0 atom stereocenters. The molecule has 146 valence electrons. The van der Waals surface area contributed by atoms with E-state index in [0.29, 0.717) is 32.9 Å². The number of esters is 1. The second-order valence-electron chi connectivity index (χ2n) is 6.89. The first kappa shape index (κ1) is 19.1. The van der Waals surface area contributed by atoms with Crippen molar-refractivity contribution in [3.05, 3.63) is 86.5 Å². The number of aryl methyl sites for hydroxylation is 2. The molecule has 2 heterocycles. The Bertz CT molecular complexity index is 1240. The van der Waals surface area contributed by atoms with Gasteiger partial charge in [-0.3, -0.25) is 4.79 Å². The van der Waals surface area contributed by atoms with Crippen LogP contribution in [-0.4, -0.2) is 22.5 Å². The van der Waals surface area contributed by atoms with Crippen LogP contribution in [0.15, 0.2) is 59.4 Å². The van der Waals surface area contributed by atoms with Gasteiger partial charge in [0.1, 0.15) is 15.5 Å². The first-order valence-corrected chi connectivity index (χ1v) is 10.2. The Morgan fingerprint density at radius 1 is 1.10 bits per heavy atom. The third kappa shape index (κ3) is 3.98. The fourth-order valence-corrected chi connectivity index (χ4v) is 4.32. The van der Waals surface area contributed by atoms with Crippen LogP contribution >= 0.6 is 11.3 Å². The van der Waals surface area contributed by atoms with Gasteiger partial charge >= 0.3 is 5.97 Å². The molecule has 2 aromatic carbocycles. The van der Waals surface area contributed by atoms with Crippen LogP contribution in [0.5, 0.6) is 0 Å². The molecule has 6 heteroatoms. The summed E-state index contributed by atoms with van der Waals surface area (Å²) in [5.74, 6) is 0.0781. The molecule has 4 rings (SSSR count). The van der Waals surface area contributed by atoms with E-state index in [9.17, 15) is 9.59 Å². The number of aromatic nitrogens is 2. The Kier molecular flexibility index (Phi) is 5.27. The normalized spacial score (nSPS) is 11.0. The summed E-state index contributed by atoms with van der Waals surface area (Å²) in [7, 11) is 0. The van der Waals surface area contributed by atoms with Gasteiger partial charge in [-0.15, -0.1) is 11.3 Å². The van der Waals surface area contributed by atoms with Crippen molar-refractivity contribution in [3.8, 4) is 11.4 Å². The van der Waals surface area contributed by atoms with E-state index in [1.54, 1.807) is 6.92 Å². The van der Waals surface area contributed by atoms with Gasteiger partial charge in [-0.25, -0.2) is 9.78 Å². The minimum Gasteiger partial charge on any atom is -0.461 e. The van der Waals surface area contributed by atoms with Gasteiger partial charge in [0.05, 0.1) is 12.0 Å². The fraction of sp³-hybridized carbons (Fsp3) is 0.174. The van der Waals surface area contributed by atoms with Crippen LogP contribution in [0.4, 0.5) is 0 Å². The number of fused-ring (bicyclic) bond motifs is 1. The average molecular weight is 404 g/mol. The molecule has 0 aliphatic carbocycles. The molecule has 0 spiro atoms. The number of nitrogens with zero attached hydrogens (tertiary/aromatic N) is 1. The molecule has 29 heavy (non-hydrogen) atoms. The van der Waals surface area contributed by atoms with Gasteiger partial charge in [-0.2, -0.15) is 0 Å². The number of carbonyl (C=O) groups is 1. The monoisotopic (exact) mass is 404 g/mol. The van der Waals surface area contributed by atoms with Crippen LogP contribution in [0, 0.1) is 13.8 Å². The number of carbonyl (C=O) groups excluding carboxylic acids is 1. The lowest BCUT2D eigenvalue weighted by Gasteiger charge is -2.04. The highest BCUT2D eigenvalue weighted by Gasteiger charge is 2.20. The molecule has 0 unspecified atom stereocenters. The number of ether oxygens (including phenoxy) is 1. The molecule has 2 aromatic heterocycles. The van der Waals surface area contributed by atoms with E-state index < -0.39 is 5.97 Å². The Morgan fingerprint density at radius 3 is 2.66 bits per heavy atom. The molecular formula is C23H20N2O3S. The highest BCUT2D eigenvalue weighted by molar-refractivity contribution is 7.20. The lowest BCUT2D eigenvalue weighted by Crippen LogP contribution is -2.10. The van der Waals surface area contributed by atoms with E-state index in [1.807, 2.05) is 61.5 Å². The van der Waals surface area contributed by atoms with E-state index in [0.717, 1.165) is 16.7 Å². The Balaban J connectivity index is 1.60. The predicted octanol–water partition coefficient (Wildman–Crippen LogP) is 4.67. The summed E-state index contributed by atoms with van der Waals surface area (Å²) >= 11 is 1.20. The van der Waals surface area contributed by atoms with Gasteiger partial charge in [0.15, 0.2) is 0 Å². The zero-order valence-electron chi connectivity index (χ0n) is 16.2. The third-order valence-corrected chi connectivity index (χ3v) is 5.91. The second kappa shape index (κ2) is 8.01. The average Bonchev–Trinajstić information content (AvgIpc) is 3.06. The van der Waals surface area contributed by atoms with E-state index in [2.05, 4.69) is 9.97 Å². The Hall–Kier alpha value is -3.25. The van der Waals surface area contributed by atoms with Crippen LogP contribution in [0.3, 0.4) is 0 Å². The maximum Gasteiger partial charge on any atom is 0.348 e. The minimum absolute atomic E-state index is 0.247. The number of hydrogen-bond donors (Lipinski definition) is 1. The highest BCUT2D eigenvalue weighted by atomic mass is 32.1. The van der Waals surface area contributed by atoms with Gasteiger partial charge in [-0.1, -0.05) is 54.1 Å². The number of benzene rings is 2.